The average Bonchev–Trinajstić information content (AvgIpc) is 2.36. The van der Waals surface area contributed by atoms with Crippen molar-refractivity contribution in [3.63, 3.8) is 0 Å². The molecule has 64 valence electrons. The highest BCUT2D eigenvalue weighted by atomic mass is 32.2. The standard InChI is InChI=1S/C5H8N2.F2OS/c1-2-5-6-3-4-7-5;1-4(2)3/h3-4H,2H2,1H3,(H,6,7);. The summed E-state index contributed by atoms with van der Waals surface area (Å²) >= 11 is -3.61. The van der Waals surface area contributed by atoms with Crippen molar-refractivity contribution in [1.29, 1.82) is 0 Å². The second-order valence-electron chi connectivity index (χ2n) is 1.57. The zero-order chi connectivity index (χ0) is 8.69. The van der Waals surface area contributed by atoms with Crippen LogP contribution < -0.4 is 0 Å². The lowest BCUT2D eigenvalue weighted by Gasteiger charge is -1.79. The Bertz CT molecular complexity index is 198. The molecular formula is C5H8F2N2OS. The number of hydrogen-bond acceptors (Lipinski definition) is 2. The van der Waals surface area contributed by atoms with E-state index in [4.69, 9.17) is 4.21 Å². The van der Waals surface area contributed by atoms with Crippen molar-refractivity contribution in [2.24, 2.45) is 0 Å². The molecule has 0 aliphatic carbocycles. The minimum Gasteiger partial charge on any atom is -0.349 e. The molecular weight excluding hydrogens is 174 g/mol. The van der Waals surface area contributed by atoms with Gasteiger partial charge in [0.1, 0.15) is 5.82 Å². The van der Waals surface area contributed by atoms with E-state index < -0.39 is 11.6 Å². The summed E-state index contributed by atoms with van der Waals surface area (Å²) in [6.07, 6.45) is 4.59. The highest BCUT2D eigenvalue weighted by molar-refractivity contribution is 7.74. The van der Waals surface area contributed by atoms with Gasteiger partial charge in [-0.15, -0.1) is 0 Å². The first-order chi connectivity index (χ1) is 5.16. The molecule has 0 radical (unpaired) electrons. The van der Waals surface area contributed by atoms with Gasteiger partial charge in [-0.25, -0.2) is 4.98 Å². The quantitative estimate of drug-likeness (QED) is 0.668. The molecule has 6 heteroatoms. The van der Waals surface area contributed by atoms with E-state index in [-0.39, 0.29) is 0 Å². The van der Waals surface area contributed by atoms with Crippen LogP contribution in [-0.4, -0.2) is 14.2 Å². The molecule has 0 bridgehead atoms. The van der Waals surface area contributed by atoms with Gasteiger partial charge in [0.25, 0.3) is 0 Å². The Balaban J connectivity index is 0.000000218. The van der Waals surface area contributed by atoms with Gasteiger partial charge in [0.15, 0.2) is 0 Å². The number of nitrogens with zero attached hydrogens (tertiary/aromatic N) is 1. The van der Waals surface area contributed by atoms with Gasteiger partial charge in [-0.2, -0.15) is 4.21 Å². The molecule has 11 heavy (non-hydrogen) atoms. The third kappa shape index (κ3) is 7.11. The van der Waals surface area contributed by atoms with Gasteiger partial charge in [0, 0.05) is 18.8 Å². The van der Waals surface area contributed by atoms with Crippen molar-refractivity contribution in [3.8, 4) is 0 Å². The summed E-state index contributed by atoms with van der Waals surface area (Å²) in [7, 11) is 0. The van der Waals surface area contributed by atoms with Crippen LogP contribution in [0.5, 0.6) is 0 Å². The molecule has 0 saturated carbocycles. The van der Waals surface area contributed by atoms with E-state index in [1.165, 1.54) is 0 Å². The SMILES string of the molecule is CCc1ncc[nH]1.O=S(F)F. The van der Waals surface area contributed by atoms with Gasteiger partial charge in [0.2, 0.25) is 0 Å². The Morgan fingerprint density at radius 3 is 2.45 bits per heavy atom. The molecule has 0 aliphatic rings. The summed E-state index contributed by atoms with van der Waals surface area (Å²) in [5.74, 6) is 1.06. The maximum atomic E-state index is 9.81. The molecule has 1 aromatic rings. The summed E-state index contributed by atoms with van der Waals surface area (Å²) in [5.41, 5.74) is 0. The van der Waals surface area contributed by atoms with Crippen LogP contribution in [-0.2, 0) is 18.0 Å². The van der Waals surface area contributed by atoms with E-state index in [0.717, 1.165) is 12.2 Å². The second kappa shape index (κ2) is 5.96. The van der Waals surface area contributed by atoms with Crippen LogP contribution in [0.25, 0.3) is 0 Å². The molecule has 0 aromatic carbocycles. The number of aromatic nitrogens is 2. The third-order valence-electron chi connectivity index (χ3n) is 0.890. The number of imidazole rings is 1. The van der Waals surface area contributed by atoms with E-state index in [9.17, 15) is 7.77 Å². The predicted octanol–water partition coefficient (Wildman–Crippen LogP) is 1.48. The molecule has 1 N–H and O–H groups in total. The van der Waals surface area contributed by atoms with Crippen LogP contribution in [0.4, 0.5) is 7.77 Å². The van der Waals surface area contributed by atoms with Gasteiger partial charge >= 0.3 is 11.6 Å². The Labute approximate surface area is 65.9 Å². The zero-order valence-electron chi connectivity index (χ0n) is 5.88. The summed E-state index contributed by atoms with van der Waals surface area (Å²) < 4.78 is 27.8. The normalized spacial score (nSPS) is 9.09. The molecule has 0 spiro atoms. The number of rotatable bonds is 1. The highest BCUT2D eigenvalue weighted by Gasteiger charge is 1.82. The summed E-state index contributed by atoms with van der Waals surface area (Å²) in [6.45, 7) is 2.07. The molecule has 0 fully saturated rings. The molecule has 1 rings (SSSR count). The summed E-state index contributed by atoms with van der Waals surface area (Å²) in [4.78, 5) is 6.95. The summed E-state index contributed by atoms with van der Waals surface area (Å²) in [5, 5.41) is 0. The van der Waals surface area contributed by atoms with Crippen LogP contribution in [0.2, 0.25) is 0 Å². The van der Waals surface area contributed by atoms with Crippen molar-refractivity contribution in [2.75, 3.05) is 0 Å². The van der Waals surface area contributed by atoms with Crippen LogP contribution in [0.3, 0.4) is 0 Å². The topological polar surface area (TPSA) is 45.8 Å². The van der Waals surface area contributed by atoms with E-state index >= 15 is 0 Å². The van der Waals surface area contributed by atoms with Crippen molar-refractivity contribution in [2.45, 2.75) is 13.3 Å². The molecule has 0 amide bonds. The number of H-pyrrole nitrogens is 1. The Morgan fingerprint density at radius 2 is 2.27 bits per heavy atom. The first kappa shape index (κ1) is 10.2. The van der Waals surface area contributed by atoms with Crippen molar-refractivity contribution in [1.82, 2.24) is 9.97 Å². The van der Waals surface area contributed by atoms with Crippen molar-refractivity contribution >= 4 is 11.6 Å². The minimum absolute atomic E-state index is 0.993. The lowest BCUT2D eigenvalue weighted by molar-refractivity contribution is 0.602. The maximum absolute atomic E-state index is 9.81. The zero-order valence-corrected chi connectivity index (χ0v) is 6.70. The number of halogens is 2. The molecule has 0 atom stereocenters. The fourth-order valence-corrected chi connectivity index (χ4v) is 0.491. The van der Waals surface area contributed by atoms with Crippen LogP contribution in [0.1, 0.15) is 12.7 Å². The fraction of sp³-hybridized carbons (Fsp3) is 0.400. The largest absolute Gasteiger partial charge is 0.385 e. The lowest BCUT2D eigenvalue weighted by atomic mass is 10.5. The van der Waals surface area contributed by atoms with Gasteiger partial charge in [0.05, 0.1) is 0 Å². The molecule has 1 aromatic heterocycles. The molecule has 3 nitrogen and oxygen atoms in total. The number of aryl methyl sites for hydroxylation is 1. The monoisotopic (exact) mass is 182 g/mol. The van der Waals surface area contributed by atoms with E-state index in [1.807, 2.05) is 6.20 Å². The fourth-order valence-electron chi connectivity index (χ4n) is 0.491. The van der Waals surface area contributed by atoms with Gasteiger partial charge in [-0.3, -0.25) is 0 Å². The highest BCUT2D eigenvalue weighted by Crippen LogP contribution is 1.85. The molecule has 0 aliphatic heterocycles. The average molecular weight is 182 g/mol. The van der Waals surface area contributed by atoms with Crippen LogP contribution >= 0.6 is 0 Å². The Morgan fingerprint density at radius 1 is 1.73 bits per heavy atom. The number of nitrogens with one attached hydrogen (secondary N) is 1. The van der Waals surface area contributed by atoms with Crippen molar-refractivity contribution in [3.05, 3.63) is 18.2 Å². The Hall–Kier alpha value is -0.780. The number of aromatic amines is 1. The minimum atomic E-state index is -3.61. The molecule has 0 saturated heterocycles. The maximum Gasteiger partial charge on any atom is 0.385 e. The van der Waals surface area contributed by atoms with Crippen LogP contribution in [0.15, 0.2) is 12.4 Å². The van der Waals surface area contributed by atoms with Gasteiger partial charge in [-0.05, 0) is 0 Å². The molecule has 1 heterocycles. The van der Waals surface area contributed by atoms with E-state index in [2.05, 4.69) is 16.9 Å². The second-order valence-corrected chi connectivity index (χ2v) is 1.94. The Kier molecular flexibility index (Phi) is 5.54. The van der Waals surface area contributed by atoms with Crippen LogP contribution in [0, 0.1) is 0 Å². The van der Waals surface area contributed by atoms with Crippen molar-refractivity contribution < 1.29 is 12.0 Å². The number of hydrogen-bond donors (Lipinski definition) is 1. The smallest absolute Gasteiger partial charge is 0.349 e. The van der Waals surface area contributed by atoms with Gasteiger partial charge < -0.3 is 4.98 Å². The first-order valence-corrected chi connectivity index (χ1v) is 3.84. The molecule has 0 unspecified atom stereocenters. The van der Waals surface area contributed by atoms with Gasteiger partial charge in [-0.1, -0.05) is 14.7 Å². The van der Waals surface area contributed by atoms with E-state index in [0.29, 0.717) is 0 Å². The third-order valence-corrected chi connectivity index (χ3v) is 0.890. The predicted molar refractivity (Wildman–Crippen MR) is 38.3 cm³/mol. The van der Waals surface area contributed by atoms with E-state index in [1.54, 1.807) is 6.20 Å². The first-order valence-electron chi connectivity index (χ1n) is 2.89. The summed E-state index contributed by atoms with van der Waals surface area (Å²) in [6, 6.07) is 0. The lowest BCUT2D eigenvalue weighted by Crippen LogP contribution is -1.78.